The van der Waals surface area contributed by atoms with Crippen molar-refractivity contribution in [3.8, 4) is 5.75 Å². The quantitative estimate of drug-likeness (QED) is 0.336. The lowest BCUT2D eigenvalue weighted by Gasteiger charge is -2.53. The lowest BCUT2D eigenvalue weighted by atomic mass is 9.52. The van der Waals surface area contributed by atoms with E-state index in [2.05, 4.69) is 38.0 Å². The Kier molecular flexibility index (Phi) is 7.21. The molecule has 0 spiro atoms. The number of allylic oxidation sites excluding steroid dienone is 2. The highest BCUT2D eigenvalue weighted by atomic mass is 32.3. The Morgan fingerprint density at radius 1 is 1.31 bits per heavy atom. The molecule has 2 fully saturated rings. The van der Waals surface area contributed by atoms with Gasteiger partial charge in [-0.2, -0.15) is 8.42 Å². The summed E-state index contributed by atoms with van der Waals surface area (Å²) in [6, 6.07) is 5.30. The summed E-state index contributed by atoms with van der Waals surface area (Å²) in [6.45, 7) is 10.7. The first-order valence-electron chi connectivity index (χ1n) is 13.1. The molecular weight excluding hydrogens is 464 g/mol. The van der Waals surface area contributed by atoms with Crippen molar-refractivity contribution in [1.29, 1.82) is 0 Å². The smallest absolute Gasteiger partial charge is 0.393 e. The van der Waals surface area contributed by atoms with Gasteiger partial charge in [0.2, 0.25) is 0 Å². The topological polar surface area (TPSA) is 104 Å². The Hall–Kier alpha value is -1.41. The minimum atomic E-state index is -4.55. The standard InChI is InChI=1S/C28H42O6S/c1-6-18(17(2)3)11-14-28(5,30)26-25(29)16-24-23-9-7-19-15-20(34-35(31,32)33)8-10-21(19)22(23)12-13-27(24,26)4/h6,8,10,15,17,22-26,29-30H,7,9,11-14,16H2,1-5H3,(H,31,32,33)/t22-,23-,24+,25+,26+,27+,28+/m1/s1. The Balaban J connectivity index is 1.56. The number of fused-ring (bicyclic) bond motifs is 5. The van der Waals surface area contributed by atoms with E-state index < -0.39 is 22.1 Å². The summed E-state index contributed by atoms with van der Waals surface area (Å²) in [5.41, 5.74) is 2.59. The van der Waals surface area contributed by atoms with Crippen LogP contribution in [0.15, 0.2) is 29.8 Å². The molecule has 3 N–H and O–H groups in total. The molecule has 0 radical (unpaired) electrons. The zero-order valence-electron chi connectivity index (χ0n) is 21.7. The van der Waals surface area contributed by atoms with E-state index >= 15 is 0 Å². The van der Waals surface area contributed by atoms with Gasteiger partial charge in [0.15, 0.2) is 0 Å². The third kappa shape index (κ3) is 5.07. The lowest BCUT2D eigenvalue weighted by molar-refractivity contribution is -0.110. The first-order valence-corrected chi connectivity index (χ1v) is 14.5. The first kappa shape index (κ1) is 26.6. The summed E-state index contributed by atoms with van der Waals surface area (Å²) >= 11 is 0. The van der Waals surface area contributed by atoms with Crippen molar-refractivity contribution in [3.05, 3.63) is 41.0 Å². The van der Waals surface area contributed by atoms with Gasteiger partial charge in [0.25, 0.3) is 0 Å². The molecule has 4 rings (SSSR count). The molecule has 1 aromatic rings. The summed E-state index contributed by atoms with van der Waals surface area (Å²) < 4.78 is 35.9. The molecule has 0 bridgehead atoms. The van der Waals surface area contributed by atoms with Crippen molar-refractivity contribution < 1.29 is 27.4 Å². The Labute approximate surface area is 210 Å². The molecule has 7 heteroatoms. The Morgan fingerprint density at radius 3 is 2.66 bits per heavy atom. The maximum Gasteiger partial charge on any atom is 0.446 e. The molecule has 0 saturated heterocycles. The molecular formula is C28H42O6S. The van der Waals surface area contributed by atoms with Crippen LogP contribution in [0, 0.1) is 29.1 Å². The van der Waals surface area contributed by atoms with Crippen molar-refractivity contribution in [2.45, 2.75) is 97.2 Å². The first-order chi connectivity index (χ1) is 16.3. The van der Waals surface area contributed by atoms with Gasteiger partial charge < -0.3 is 14.4 Å². The molecule has 6 nitrogen and oxygen atoms in total. The highest BCUT2D eigenvalue weighted by molar-refractivity contribution is 7.81. The van der Waals surface area contributed by atoms with Crippen molar-refractivity contribution in [3.63, 3.8) is 0 Å². The van der Waals surface area contributed by atoms with E-state index in [1.54, 1.807) is 12.1 Å². The van der Waals surface area contributed by atoms with Crippen LogP contribution in [0.25, 0.3) is 0 Å². The summed E-state index contributed by atoms with van der Waals surface area (Å²) in [7, 11) is -4.55. The number of aliphatic hydroxyl groups excluding tert-OH is 1. The third-order valence-electron chi connectivity index (χ3n) is 9.63. The van der Waals surface area contributed by atoms with Gasteiger partial charge in [0, 0.05) is 5.92 Å². The van der Waals surface area contributed by atoms with Crippen LogP contribution in [0.4, 0.5) is 0 Å². The number of aliphatic hydroxyl groups is 2. The van der Waals surface area contributed by atoms with Gasteiger partial charge in [-0.25, -0.2) is 0 Å². The number of aryl methyl sites for hydroxylation is 1. The second kappa shape index (κ2) is 9.47. The maximum absolute atomic E-state index is 11.7. The third-order valence-corrected chi connectivity index (χ3v) is 10.0. The average molecular weight is 507 g/mol. The molecule has 1 aromatic carbocycles. The fraction of sp³-hybridized carbons (Fsp3) is 0.714. The van der Waals surface area contributed by atoms with E-state index in [0.717, 1.165) is 44.1 Å². The van der Waals surface area contributed by atoms with Crippen LogP contribution in [0.3, 0.4) is 0 Å². The molecule has 0 aliphatic heterocycles. The molecule has 0 amide bonds. The fourth-order valence-corrected chi connectivity index (χ4v) is 8.54. The Morgan fingerprint density at radius 2 is 2.03 bits per heavy atom. The zero-order valence-corrected chi connectivity index (χ0v) is 22.5. The SMILES string of the molecule is CC=C(CC[C@](C)(O)[C@H]1[C@@H](O)C[C@H]2[C@@H]3CCc4cc(OS(=O)(=O)O)ccc4[C@H]3CC[C@@]21C)C(C)C. The van der Waals surface area contributed by atoms with Crippen molar-refractivity contribution >= 4 is 10.4 Å². The van der Waals surface area contributed by atoms with Crippen LogP contribution < -0.4 is 4.18 Å². The predicted molar refractivity (Wildman–Crippen MR) is 137 cm³/mol. The normalized spacial score (nSPS) is 34.7. The van der Waals surface area contributed by atoms with E-state index in [1.165, 1.54) is 11.1 Å². The second-order valence-corrected chi connectivity index (χ2v) is 13.0. The van der Waals surface area contributed by atoms with Crippen molar-refractivity contribution in [1.82, 2.24) is 0 Å². The van der Waals surface area contributed by atoms with Crippen LogP contribution in [-0.4, -0.2) is 34.9 Å². The summed E-state index contributed by atoms with van der Waals surface area (Å²) in [5, 5.41) is 23.0. The van der Waals surface area contributed by atoms with E-state index in [0.29, 0.717) is 30.1 Å². The van der Waals surface area contributed by atoms with E-state index in [9.17, 15) is 18.6 Å². The Bertz CT molecular complexity index is 1070. The molecule has 196 valence electrons. The number of hydrogen-bond donors (Lipinski definition) is 3. The van der Waals surface area contributed by atoms with Crippen LogP contribution >= 0.6 is 0 Å². The van der Waals surface area contributed by atoms with Gasteiger partial charge in [0.1, 0.15) is 5.75 Å². The highest BCUT2D eigenvalue weighted by Gasteiger charge is 2.62. The number of benzene rings is 1. The molecule has 3 aliphatic rings. The predicted octanol–water partition coefficient (Wildman–Crippen LogP) is 5.44. The van der Waals surface area contributed by atoms with Gasteiger partial charge in [0.05, 0.1) is 11.7 Å². The molecule has 7 atom stereocenters. The lowest BCUT2D eigenvalue weighted by Crippen LogP contribution is -2.50. The van der Waals surface area contributed by atoms with Gasteiger partial charge in [-0.1, -0.05) is 38.5 Å². The van der Waals surface area contributed by atoms with E-state index in [1.807, 2.05) is 13.0 Å². The molecule has 0 aromatic heterocycles. The summed E-state index contributed by atoms with van der Waals surface area (Å²) in [6.07, 6.45) is 7.56. The molecule has 2 saturated carbocycles. The van der Waals surface area contributed by atoms with Crippen LogP contribution in [0.2, 0.25) is 0 Å². The van der Waals surface area contributed by atoms with E-state index in [-0.39, 0.29) is 17.1 Å². The van der Waals surface area contributed by atoms with Crippen LogP contribution in [0.5, 0.6) is 5.75 Å². The van der Waals surface area contributed by atoms with Crippen LogP contribution in [0.1, 0.15) is 90.2 Å². The van der Waals surface area contributed by atoms with Gasteiger partial charge in [-0.05, 0) is 111 Å². The van der Waals surface area contributed by atoms with Gasteiger partial charge >= 0.3 is 10.4 Å². The maximum atomic E-state index is 11.7. The number of rotatable bonds is 7. The second-order valence-electron chi connectivity index (χ2n) is 12.0. The van der Waals surface area contributed by atoms with Gasteiger partial charge in [-0.3, -0.25) is 4.55 Å². The van der Waals surface area contributed by atoms with E-state index in [4.69, 9.17) is 4.55 Å². The highest BCUT2D eigenvalue weighted by Crippen LogP contribution is 2.65. The molecule has 0 unspecified atom stereocenters. The summed E-state index contributed by atoms with van der Waals surface area (Å²) in [5.74, 6) is 1.54. The minimum Gasteiger partial charge on any atom is -0.393 e. The molecule has 0 heterocycles. The minimum absolute atomic E-state index is 0.121. The van der Waals surface area contributed by atoms with Gasteiger partial charge in [-0.15, -0.1) is 0 Å². The molecule has 35 heavy (non-hydrogen) atoms. The average Bonchev–Trinajstić information content (AvgIpc) is 3.03. The monoisotopic (exact) mass is 506 g/mol. The van der Waals surface area contributed by atoms with Crippen LogP contribution in [-0.2, 0) is 16.8 Å². The number of hydrogen-bond acceptors (Lipinski definition) is 5. The fourth-order valence-electron chi connectivity index (χ4n) is 8.19. The zero-order chi connectivity index (χ0) is 25.8. The van der Waals surface area contributed by atoms with Crippen molar-refractivity contribution in [2.24, 2.45) is 29.1 Å². The van der Waals surface area contributed by atoms with Crippen molar-refractivity contribution in [2.75, 3.05) is 0 Å². The molecule has 3 aliphatic carbocycles. The largest absolute Gasteiger partial charge is 0.446 e. The summed E-state index contributed by atoms with van der Waals surface area (Å²) in [4.78, 5) is 0.